The van der Waals surface area contributed by atoms with E-state index < -0.39 is 0 Å². The van der Waals surface area contributed by atoms with Crippen molar-refractivity contribution in [3.63, 3.8) is 0 Å². The van der Waals surface area contributed by atoms with Crippen molar-refractivity contribution in [2.24, 2.45) is 0 Å². The summed E-state index contributed by atoms with van der Waals surface area (Å²) in [6, 6.07) is 4.08. The van der Waals surface area contributed by atoms with Crippen molar-refractivity contribution in [1.82, 2.24) is 4.90 Å². The topological polar surface area (TPSA) is 40.2 Å². The van der Waals surface area contributed by atoms with E-state index in [0.717, 1.165) is 57.4 Å². The second-order valence-corrected chi connectivity index (χ2v) is 5.39. The van der Waals surface area contributed by atoms with Gasteiger partial charge >= 0.3 is 0 Å². The maximum atomic E-state index is 6.00. The number of hydrogen-bond acceptors (Lipinski definition) is 5. The zero-order chi connectivity index (χ0) is 14.7. The highest BCUT2D eigenvalue weighted by molar-refractivity contribution is 5.52. The van der Waals surface area contributed by atoms with Gasteiger partial charge in [-0.1, -0.05) is 6.07 Å². The van der Waals surface area contributed by atoms with Gasteiger partial charge in [0.1, 0.15) is 0 Å². The zero-order valence-electron chi connectivity index (χ0n) is 12.8. The molecular weight excluding hydrogens is 270 g/mol. The summed E-state index contributed by atoms with van der Waals surface area (Å²) in [6.45, 7) is 5.21. The molecular formula is C16H23NO4. The lowest BCUT2D eigenvalue weighted by atomic mass is 9.95. The molecule has 0 bridgehead atoms. The van der Waals surface area contributed by atoms with Gasteiger partial charge < -0.3 is 18.9 Å². The third-order valence-corrected chi connectivity index (χ3v) is 4.23. The number of fused-ring (bicyclic) bond motifs is 1. The van der Waals surface area contributed by atoms with Crippen molar-refractivity contribution in [3.8, 4) is 11.5 Å². The number of nitrogens with zero attached hydrogens (tertiary/aromatic N) is 1. The summed E-state index contributed by atoms with van der Waals surface area (Å²) in [5.74, 6) is 1.65. The number of benzene rings is 1. The summed E-state index contributed by atoms with van der Waals surface area (Å²) < 4.78 is 22.4. The number of morpholine rings is 1. The van der Waals surface area contributed by atoms with Crippen LogP contribution in [0.15, 0.2) is 12.1 Å². The molecule has 2 aliphatic rings. The zero-order valence-corrected chi connectivity index (χ0v) is 12.8. The molecule has 5 nitrogen and oxygen atoms in total. The molecule has 0 spiro atoms. The van der Waals surface area contributed by atoms with Crippen molar-refractivity contribution in [3.05, 3.63) is 23.3 Å². The third-order valence-electron chi connectivity index (χ3n) is 4.23. The Morgan fingerprint density at radius 3 is 2.67 bits per heavy atom. The maximum absolute atomic E-state index is 6.00. The minimum absolute atomic E-state index is 0.103. The molecule has 116 valence electrons. The summed E-state index contributed by atoms with van der Waals surface area (Å²) in [6.07, 6.45) is 0.974. The van der Waals surface area contributed by atoms with Gasteiger partial charge in [-0.2, -0.15) is 0 Å². The first-order valence-corrected chi connectivity index (χ1v) is 7.49. The Hall–Kier alpha value is -1.30. The van der Waals surface area contributed by atoms with Gasteiger partial charge in [0.2, 0.25) is 0 Å². The molecule has 0 amide bonds. The fourth-order valence-corrected chi connectivity index (χ4v) is 3.13. The van der Waals surface area contributed by atoms with E-state index in [-0.39, 0.29) is 6.10 Å². The number of ether oxygens (including phenoxy) is 4. The third kappa shape index (κ3) is 3.00. The largest absolute Gasteiger partial charge is 0.493 e. The Labute approximate surface area is 125 Å². The van der Waals surface area contributed by atoms with Crippen molar-refractivity contribution in [2.45, 2.75) is 12.5 Å². The molecule has 1 aromatic carbocycles. The lowest BCUT2D eigenvalue weighted by molar-refractivity contribution is -0.0183. The van der Waals surface area contributed by atoms with Crippen molar-refractivity contribution in [2.75, 3.05) is 53.7 Å². The van der Waals surface area contributed by atoms with E-state index in [1.54, 1.807) is 14.2 Å². The van der Waals surface area contributed by atoms with Crippen LogP contribution in [-0.2, 0) is 15.9 Å². The average Bonchev–Trinajstić information content (AvgIpc) is 2.55. The molecule has 3 rings (SSSR count). The molecule has 2 heterocycles. The first kappa shape index (κ1) is 14.6. The van der Waals surface area contributed by atoms with Crippen molar-refractivity contribution < 1.29 is 18.9 Å². The van der Waals surface area contributed by atoms with Gasteiger partial charge in [0, 0.05) is 25.2 Å². The number of rotatable bonds is 4. The first-order valence-electron chi connectivity index (χ1n) is 7.49. The van der Waals surface area contributed by atoms with Gasteiger partial charge in [0.25, 0.3) is 0 Å². The predicted octanol–water partition coefficient (Wildman–Crippen LogP) is 1.65. The van der Waals surface area contributed by atoms with E-state index in [9.17, 15) is 0 Å². The normalized spacial score (nSPS) is 22.7. The summed E-state index contributed by atoms with van der Waals surface area (Å²) in [7, 11) is 3.37. The van der Waals surface area contributed by atoms with Crippen molar-refractivity contribution >= 4 is 0 Å². The van der Waals surface area contributed by atoms with Gasteiger partial charge in [0.05, 0.1) is 40.1 Å². The second kappa shape index (κ2) is 6.64. The minimum atomic E-state index is 0.103. The van der Waals surface area contributed by atoms with E-state index in [1.165, 1.54) is 11.1 Å². The van der Waals surface area contributed by atoms with Crippen LogP contribution in [-0.4, -0.2) is 58.6 Å². The Balaban J connectivity index is 1.83. The van der Waals surface area contributed by atoms with Gasteiger partial charge in [-0.15, -0.1) is 0 Å². The second-order valence-electron chi connectivity index (χ2n) is 5.39. The van der Waals surface area contributed by atoms with Crippen molar-refractivity contribution in [1.29, 1.82) is 0 Å². The summed E-state index contributed by atoms with van der Waals surface area (Å²) in [5, 5.41) is 0. The maximum Gasteiger partial charge on any atom is 0.164 e. The summed E-state index contributed by atoms with van der Waals surface area (Å²) >= 11 is 0. The summed E-state index contributed by atoms with van der Waals surface area (Å²) in [5.41, 5.74) is 2.45. The lowest BCUT2D eigenvalue weighted by Gasteiger charge is -2.34. The molecule has 1 unspecified atom stereocenters. The van der Waals surface area contributed by atoms with Gasteiger partial charge in [0.15, 0.2) is 11.5 Å². The molecule has 0 aromatic heterocycles. The SMILES string of the molecule is COc1ccc2c(c1OC)CCOC2CN1CCOCC1. The minimum Gasteiger partial charge on any atom is -0.493 e. The van der Waals surface area contributed by atoms with Crippen LogP contribution in [0.5, 0.6) is 11.5 Å². The Morgan fingerprint density at radius 2 is 1.95 bits per heavy atom. The van der Waals surface area contributed by atoms with Crippen LogP contribution in [0.4, 0.5) is 0 Å². The van der Waals surface area contributed by atoms with Crippen LogP contribution in [0.1, 0.15) is 17.2 Å². The van der Waals surface area contributed by atoms with Crippen LogP contribution in [0.2, 0.25) is 0 Å². The molecule has 1 fully saturated rings. The van der Waals surface area contributed by atoms with Gasteiger partial charge in [-0.25, -0.2) is 0 Å². The molecule has 0 N–H and O–H groups in total. The molecule has 1 saturated heterocycles. The smallest absolute Gasteiger partial charge is 0.164 e. The van der Waals surface area contributed by atoms with Crippen LogP contribution in [0.25, 0.3) is 0 Å². The van der Waals surface area contributed by atoms with E-state index in [4.69, 9.17) is 18.9 Å². The number of methoxy groups -OCH3 is 2. The fourth-order valence-electron chi connectivity index (χ4n) is 3.13. The molecule has 0 saturated carbocycles. The Morgan fingerprint density at radius 1 is 1.14 bits per heavy atom. The first-order chi connectivity index (χ1) is 10.3. The summed E-state index contributed by atoms with van der Waals surface area (Å²) in [4.78, 5) is 2.40. The lowest BCUT2D eigenvalue weighted by Crippen LogP contribution is -2.40. The van der Waals surface area contributed by atoms with Crippen LogP contribution in [0.3, 0.4) is 0 Å². The quantitative estimate of drug-likeness (QED) is 0.844. The highest BCUT2D eigenvalue weighted by Crippen LogP contribution is 2.39. The monoisotopic (exact) mass is 293 g/mol. The molecule has 21 heavy (non-hydrogen) atoms. The molecule has 0 aliphatic carbocycles. The Kier molecular flexibility index (Phi) is 4.63. The molecule has 5 heteroatoms. The highest BCUT2D eigenvalue weighted by atomic mass is 16.5. The van der Waals surface area contributed by atoms with Gasteiger partial charge in [-0.3, -0.25) is 4.90 Å². The van der Waals surface area contributed by atoms with E-state index in [2.05, 4.69) is 11.0 Å². The molecule has 1 aromatic rings. The van der Waals surface area contributed by atoms with Crippen LogP contribution >= 0.6 is 0 Å². The van der Waals surface area contributed by atoms with Crippen LogP contribution in [0, 0.1) is 0 Å². The standard InChI is InChI=1S/C16H23NO4/c1-18-14-4-3-12-13(16(14)19-2)5-8-21-15(12)11-17-6-9-20-10-7-17/h3-4,15H,5-11H2,1-2H3. The van der Waals surface area contributed by atoms with Gasteiger partial charge in [-0.05, 0) is 18.1 Å². The molecule has 2 aliphatic heterocycles. The molecule has 1 atom stereocenters. The van der Waals surface area contributed by atoms with Crippen LogP contribution < -0.4 is 9.47 Å². The van der Waals surface area contributed by atoms with E-state index >= 15 is 0 Å². The molecule has 0 radical (unpaired) electrons. The Bertz CT molecular complexity index is 485. The highest BCUT2D eigenvalue weighted by Gasteiger charge is 2.27. The van der Waals surface area contributed by atoms with E-state index in [0.29, 0.717) is 0 Å². The average molecular weight is 293 g/mol. The number of hydrogen-bond donors (Lipinski definition) is 0. The van der Waals surface area contributed by atoms with E-state index in [1.807, 2.05) is 6.07 Å². The predicted molar refractivity (Wildman–Crippen MR) is 79.2 cm³/mol. The fraction of sp³-hybridized carbons (Fsp3) is 0.625.